The lowest BCUT2D eigenvalue weighted by atomic mass is 10.2. The number of carbonyl (C=O) groups is 1. The Morgan fingerprint density at radius 2 is 1.97 bits per heavy atom. The van der Waals surface area contributed by atoms with Crippen LogP contribution in [0.4, 0.5) is 16.2 Å². The minimum Gasteiger partial charge on any atom is -0.409 e. The van der Waals surface area contributed by atoms with E-state index in [-0.39, 0.29) is 0 Å². The molecule has 2 heterocycles. The second-order valence-corrected chi connectivity index (χ2v) is 11.6. The molecular weight excluding hydrogens is 478 g/mol. The first-order chi connectivity index (χ1) is 14.9. The van der Waals surface area contributed by atoms with E-state index in [4.69, 9.17) is 49.0 Å². The van der Waals surface area contributed by atoms with Crippen LogP contribution in [0, 0.1) is 0 Å². The van der Waals surface area contributed by atoms with E-state index < -0.39 is 18.8 Å². The summed E-state index contributed by atoms with van der Waals surface area (Å²) in [6.07, 6.45) is -2.58. The number of halogens is 2. The number of benzene rings is 2. The summed E-state index contributed by atoms with van der Waals surface area (Å²) in [6, 6.07) is 10.6. The molecule has 0 unspecified atom stereocenters. The van der Waals surface area contributed by atoms with Crippen LogP contribution in [-0.4, -0.2) is 32.1 Å². The standard InChI is InChI=1S/C21H23Cl2N2O4PS/c1-3-24(4-2)14-8-10-19-18(13-14)28-21(26)25(15-7-9-16(22)17(23)12-15)30(19,31)29-20-6-5-11-27-20/h7-10,12-13,20H,3-6,11H2,1-2H3/t20-,30+/m1/s1. The van der Waals surface area contributed by atoms with Crippen molar-refractivity contribution in [1.29, 1.82) is 0 Å². The fourth-order valence-electron chi connectivity index (χ4n) is 3.72. The predicted molar refractivity (Wildman–Crippen MR) is 129 cm³/mol. The van der Waals surface area contributed by atoms with E-state index >= 15 is 0 Å². The number of rotatable bonds is 6. The van der Waals surface area contributed by atoms with Gasteiger partial charge in [-0.25, -0.2) is 9.46 Å². The van der Waals surface area contributed by atoms with Crippen molar-refractivity contribution in [3.05, 3.63) is 46.4 Å². The van der Waals surface area contributed by atoms with Gasteiger partial charge in [0, 0.05) is 37.9 Å². The van der Waals surface area contributed by atoms with Crippen LogP contribution in [0.25, 0.3) is 0 Å². The van der Waals surface area contributed by atoms with Gasteiger partial charge in [-0.1, -0.05) is 23.2 Å². The van der Waals surface area contributed by atoms with Crippen LogP contribution < -0.4 is 19.6 Å². The summed E-state index contributed by atoms with van der Waals surface area (Å²) in [4.78, 5) is 15.4. The molecule has 0 spiro atoms. The molecule has 0 bridgehead atoms. The smallest absolute Gasteiger partial charge is 0.409 e. The van der Waals surface area contributed by atoms with Gasteiger partial charge in [-0.3, -0.25) is 4.52 Å². The third-order valence-electron chi connectivity index (χ3n) is 5.31. The number of hydrogen-bond donors (Lipinski definition) is 0. The van der Waals surface area contributed by atoms with Gasteiger partial charge in [0.2, 0.25) is 6.42 Å². The molecule has 2 aliphatic rings. The Hall–Kier alpha value is -1.34. The van der Waals surface area contributed by atoms with E-state index in [0.29, 0.717) is 33.4 Å². The normalized spacial score (nSPS) is 22.9. The maximum Gasteiger partial charge on any atom is 0.425 e. The zero-order valence-electron chi connectivity index (χ0n) is 17.2. The molecule has 2 aliphatic heterocycles. The summed E-state index contributed by atoms with van der Waals surface area (Å²) < 4.78 is 19.2. The summed E-state index contributed by atoms with van der Waals surface area (Å²) in [6.45, 7) is 6.42. The van der Waals surface area contributed by atoms with Gasteiger partial charge in [0.25, 0.3) is 0 Å². The lowest BCUT2D eigenvalue weighted by Crippen LogP contribution is -2.42. The first-order valence-electron chi connectivity index (χ1n) is 10.1. The lowest BCUT2D eigenvalue weighted by Gasteiger charge is -2.39. The number of ether oxygens (including phenoxy) is 2. The van der Waals surface area contributed by atoms with Crippen molar-refractivity contribution < 1.29 is 18.8 Å². The molecule has 0 saturated carbocycles. The Morgan fingerprint density at radius 1 is 1.19 bits per heavy atom. The molecule has 10 heteroatoms. The number of anilines is 2. The van der Waals surface area contributed by atoms with Gasteiger partial charge in [-0.05, 0) is 62.4 Å². The van der Waals surface area contributed by atoms with Crippen molar-refractivity contribution >= 4 is 64.2 Å². The zero-order valence-corrected chi connectivity index (χ0v) is 20.4. The SMILES string of the molecule is CCN(CC)c1ccc2c(c1)OC(=O)N(c1ccc(Cl)c(Cl)c1)[P@]2(=S)O[C@@H]1CCCO1. The highest BCUT2D eigenvalue weighted by Crippen LogP contribution is 2.59. The molecule has 1 saturated heterocycles. The van der Waals surface area contributed by atoms with Crippen molar-refractivity contribution in [3.8, 4) is 5.75 Å². The first-order valence-corrected chi connectivity index (χ1v) is 13.6. The van der Waals surface area contributed by atoms with Gasteiger partial charge in [-0.15, -0.1) is 0 Å². The number of fused-ring (bicyclic) bond motifs is 1. The quantitative estimate of drug-likeness (QED) is 0.457. The predicted octanol–water partition coefficient (Wildman–Crippen LogP) is 5.95. The van der Waals surface area contributed by atoms with Crippen molar-refractivity contribution in [2.24, 2.45) is 0 Å². The Morgan fingerprint density at radius 3 is 2.61 bits per heavy atom. The topological polar surface area (TPSA) is 51.2 Å². The van der Waals surface area contributed by atoms with Gasteiger partial charge in [0.1, 0.15) is 5.75 Å². The second-order valence-electron chi connectivity index (χ2n) is 7.17. The highest BCUT2D eigenvalue weighted by molar-refractivity contribution is 8.17. The monoisotopic (exact) mass is 500 g/mol. The summed E-state index contributed by atoms with van der Waals surface area (Å²) in [5.74, 6) is 0.423. The molecule has 4 rings (SSSR count). The Labute approximate surface area is 197 Å². The van der Waals surface area contributed by atoms with Crippen molar-refractivity contribution in [2.75, 3.05) is 29.3 Å². The molecule has 2 atom stereocenters. The molecular formula is C21H23Cl2N2O4PS. The van der Waals surface area contributed by atoms with Crippen LogP contribution in [0.1, 0.15) is 26.7 Å². The third kappa shape index (κ3) is 4.32. The molecule has 1 fully saturated rings. The number of amides is 1. The maximum absolute atomic E-state index is 13.2. The van der Waals surface area contributed by atoms with E-state index in [1.165, 1.54) is 4.67 Å². The average Bonchev–Trinajstić information content (AvgIpc) is 3.24. The van der Waals surface area contributed by atoms with Crippen LogP contribution in [0.2, 0.25) is 10.0 Å². The number of nitrogens with zero attached hydrogens (tertiary/aromatic N) is 2. The molecule has 0 radical (unpaired) electrons. The van der Waals surface area contributed by atoms with E-state index in [2.05, 4.69) is 18.7 Å². The molecule has 0 aromatic heterocycles. The minimum atomic E-state index is -3.10. The fraction of sp³-hybridized carbons (Fsp3) is 0.381. The van der Waals surface area contributed by atoms with Crippen LogP contribution in [0.15, 0.2) is 36.4 Å². The summed E-state index contributed by atoms with van der Waals surface area (Å²) in [5, 5.41) is 1.36. The van der Waals surface area contributed by atoms with E-state index in [9.17, 15) is 4.79 Å². The van der Waals surface area contributed by atoms with Gasteiger partial charge in [0.05, 0.1) is 21.0 Å². The van der Waals surface area contributed by atoms with Gasteiger partial charge < -0.3 is 14.4 Å². The average molecular weight is 501 g/mol. The maximum atomic E-state index is 13.2. The molecule has 0 aliphatic carbocycles. The second kappa shape index (κ2) is 9.26. The molecule has 0 N–H and O–H groups in total. The lowest BCUT2D eigenvalue weighted by molar-refractivity contribution is -0.0316. The molecule has 166 valence electrons. The number of carbonyl (C=O) groups excluding carboxylic acids is 1. The molecule has 1 amide bonds. The van der Waals surface area contributed by atoms with Gasteiger partial charge in [0.15, 0.2) is 6.29 Å². The van der Waals surface area contributed by atoms with Crippen LogP contribution in [-0.2, 0) is 21.1 Å². The van der Waals surface area contributed by atoms with Crippen LogP contribution in [0.5, 0.6) is 5.75 Å². The van der Waals surface area contributed by atoms with Crippen molar-refractivity contribution in [1.82, 2.24) is 0 Å². The van der Waals surface area contributed by atoms with Gasteiger partial charge in [-0.2, -0.15) is 0 Å². The molecule has 2 aromatic carbocycles. The Balaban J connectivity index is 1.83. The number of hydrogen-bond acceptors (Lipinski definition) is 6. The fourth-order valence-corrected chi connectivity index (χ4v) is 7.48. The summed E-state index contributed by atoms with van der Waals surface area (Å²) in [5.41, 5.74) is 1.43. The molecule has 6 nitrogen and oxygen atoms in total. The molecule has 2 aromatic rings. The summed E-state index contributed by atoms with van der Waals surface area (Å²) in [7, 11) is 0. The van der Waals surface area contributed by atoms with Crippen molar-refractivity contribution in [2.45, 2.75) is 33.0 Å². The minimum absolute atomic E-state index is 0.313. The highest BCUT2D eigenvalue weighted by atomic mass is 35.5. The van der Waals surface area contributed by atoms with Crippen LogP contribution >= 0.6 is 29.6 Å². The van der Waals surface area contributed by atoms with E-state index in [0.717, 1.165) is 31.6 Å². The van der Waals surface area contributed by atoms with Crippen molar-refractivity contribution in [3.63, 3.8) is 0 Å². The third-order valence-corrected chi connectivity index (χ3v) is 9.80. The Bertz CT molecular complexity index is 1040. The highest BCUT2D eigenvalue weighted by Gasteiger charge is 2.45. The largest absolute Gasteiger partial charge is 0.425 e. The Kier molecular flexibility index (Phi) is 6.82. The van der Waals surface area contributed by atoms with E-state index in [1.807, 2.05) is 18.2 Å². The van der Waals surface area contributed by atoms with E-state index in [1.54, 1.807) is 18.2 Å². The molecule has 31 heavy (non-hydrogen) atoms. The van der Waals surface area contributed by atoms with Crippen LogP contribution in [0.3, 0.4) is 0 Å². The van der Waals surface area contributed by atoms with Gasteiger partial charge >= 0.3 is 6.09 Å². The summed E-state index contributed by atoms with van der Waals surface area (Å²) >= 11 is 18.4. The zero-order chi connectivity index (χ0) is 22.2. The first kappa shape index (κ1) is 22.8.